The van der Waals surface area contributed by atoms with Crippen molar-refractivity contribution in [1.29, 1.82) is 0 Å². The molecule has 1 aliphatic rings. The Kier molecular flexibility index (Phi) is 3.18. The van der Waals surface area contributed by atoms with Crippen molar-refractivity contribution < 1.29 is 22.5 Å². The van der Waals surface area contributed by atoms with Crippen molar-refractivity contribution in [2.75, 3.05) is 0 Å². The van der Waals surface area contributed by atoms with E-state index in [9.17, 15) is 13.2 Å². The molecule has 1 aromatic rings. The molecule has 0 bridgehead atoms. The van der Waals surface area contributed by atoms with Crippen LogP contribution < -0.4 is 5.46 Å². The molecule has 1 aliphatic heterocycles. The van der Waals surface area contributed by atoms with Crippen LogP contribution in [0.2, 0.25) is 0 Å². The molecular weight excluding hydrogens is 232 g/mol. The van der Waals surface area contributed by atoms with E-state index < -0.39 is 18.9 Å². The van der Waals surface area contributed by atoms with Gasteiger partial charge >= 0.3 is 13.3 Å². The molecule has 6 heteroatoms. The zero-order valence-corrected chi connectivity index (χ0v) is 9.49. The fourth-order valence-corrected chi connectivity index (χ4v) is 1.75. The molecule has 0 saturated carbocycles. The maximum Gasteiger partial charge on any atom is 0.495 e. The highest BCUT2D eigenvalue weighted by molar-refractivity contribution is 6.62. The third-order valence-electron chi connectivity index (χ3n) is 2.86. The quantitative estimate of drug-likeness (QED) is 0.705. The molecule has 2 atom stereocenters. The second kappa shape index (κ2) is 4.35. The maximum absolute atomic E-state index is 12.8. The van der Waals surface area contributed by atoms with E-state index in [1.54, 1.807) is 19.9 Å². The summed E-state index contributed by atoms with van der Waals surface area (Å²) in [5.74, 6) is 0. The van der Waals surface area contributed by atoms with E-state index in [0.717, 1.165) is 6.07 Å². The molecule has 1 fully saturated rings. The lowest BCUT2D eigenvalue weighted by Crippen LogP contribution is -2.37. The molecule has 92 valence electrons. The topological polar surface area (TPSA) is 18.5 Å². The third-order valence-corrected chi connectivity index (χ3v) is 2.86. The molecule has 0 radical (unpaired) electrons. The van der Waals surface area contributed by atoms with Gasteiger partial charge in [0, 0.05) is 0 Å². The summed E-state index contributed by atoms with van der Waals surface area (Å²) in [5.41, 5.74) is -0.664. The van der Waals surface area contributed by atoms with Crippen molar-refractivity contribution in [2.24, 2.45) is 0 Å². The van der Waals surface area contributed by atoms with Crippen LogP contribution in [-0.4, -0.2) is 19.3 Å². The summed E-state index contributed by atoms with van der Waals surface area (Å²) in [6.45, 7) is 3.56. The highest BCUT2D eigenvalue weighted by atomic mass is 19.4. The first-order valence-corrected chi connectivity index (χ1v) is 5.36. The van der Waals surface area contributed by atoms with E-state index >= 15 is 0 Å². The molecule has 0 aromatic heterocycles. The summed E-state index contributed by atoms with van der Waals surface area (Å²) in [4.78, 5) is 0. The Morgan fingerprint density at radius 1 is 1.06 bits per heavy atom. The summed E-state index contributed by atoms with van der Waals surface area (Å²) in [5, 5.41) is 0. The third kappa shape index (κ3) is 2.47. The van der Waals surface area contributed by atoms with Crippen molar-refractivity contribution in [2.45, 2.75) is 32.2 Å². The number of benzene rings is 1. The molecule has 1 heterocycles. The number of hydrogen-bond donors (Lipinski definition) is 0. The minimum Gasteiger partial charge on any atom is -0.402 e. The molecule has 1 aromatic carbocycles. The van der Waals surface area contributed by atoms with Gasteiger partial charge in [-0.25, -0.2) is 0 Å². The van der Waals surface area contributed by atoms with Gasteiger partial charge in [0.05, 0.1) is 17.8 Å². The monoisotopic (exact) mass is 244 g/mol. The molecule has 17 heavy (non-hydrogen) atoms. The van der Waals surface area contributed by atoms with Crippen molar-refractivity contribution >= 4 is 12.6 Å². The van der Waals surface area contributed by atoms with E-state index in [1.165, 1.54) is 12.1 Å². The number of halogens is 3. The Bertz CT molecular complexity index is 398. The van der Waals surface area contributed by atoms with Gasteiger partial charge in [0.15, 0.2) is 0 Å². The van der Waals surface area contributed by atoms with Gasteiger partial charge in [0.25, 0.3) is 0 Å². The molecule has 2 rings (SSSR count). The van der Waals surface area contributed by atoms with Crippen molar-refractivity contribution in [3.05, 3.63) is 29.8 Å². The zero-order valence-electron chi connectivity index (χ0n) is 9.49. The van der Waals surface area contributed by atoms with Crippen LogP contribution in [0.4, 0.5) is 13.2 Å². The molecular formula is C11H12BF3O2. The lowest BCUT2D eigenvalue weighted by Gasteiger charge is -2.13. The average Bonchev–Trinajstić information content (AvgIpc) is 2.58. The predicted octanol–water partition coefficient (Wildman–Crippen LogP) is 2.22. The van der Waals surface area contributed by atoms with Crippen LogP contribution in [0, 0.1) is 0 Å². The Labute approximate surface area is 97.9 Å². The average molecular weight is 244 g/mol. The number of hydrogen-bond acceptors (Lipinski definition) is 2. The number of rotatable bonds is 1. The largest absolute Gasteiger partial charge is 0.495 e. The van der Waals surface area contributed by atoms with Crippen molar-refractivity contribution in [1.82, 2.24) is 0 Å². The Balaban J connectivity index is 2.33. The Morgan fingerprint density at radius 3 is 2.12 bits per heavy atom. The summed E-state index contributed by atoms with van der Waals surface area (Å²) >= 11 is 0. The zero-order chi connectivity index (χ0) is 12.6. The van der Waals surface area contributed by atoms with Gasteiger partial charge in [-0.15, -0.1) is 0 Å². The van der Waals surface area contributed by atoms with E-state index in [1.807, 2.05) is 0 Å². The van der Waals surface area contributed by atoms with E-state index in [2.05, 4.69) is 0 Å². The van der Waals surface area contributed by atoms with E-state index in [-0.39, 0.29) is 17.7 Å². The summed E-state index contributed by atoms with van der Waals surface area (Å²) < 4.78 is 49.1. The van der Waals surface area contributed by atoms with Gasteiger partial charge in [0.1, 0.15) is 0 Å². The van der Waals surface area contributed by atoms with Gasteiger partial charge in [-0.1, -0.05) is 24.3 Å². The molecule has 0 N–H and O–H groups in total. The summed E-state index contributed by atoms with van der Waals surface area (Å²) in [6.07, 6.45) is -4.80. The lowest BCUT2D eigenvalue weighted by molar-refractivity contribution is -0.136. The predicted molar refractivity (Wildman–Crippen MR) is 57.9 cm³/mol. The van der Waals surface area contributed by atoms with Crippen LogP contribution in [0.5, 0.6) is 0 Å². The highest BCUT2D eigenvalue weighted by Gasteiger charge is 2.42. The van der Waals surface area contributed by atoms with Crippen LogP contribution >= 0.6 is 0 Å². The van der Waals surface area contributed by atoms with Gasteiger partial charge in [0.2, 0.25) is 0 Å². The maximum atomic E-state index is 12.8. The molecule has 2 nitrogen and oxygen atoms in total. The van der Waals surface area contributed by atoms with Crippen molar-refractivity contribution in [3.63, 3.8) is 0 Å². The van der Waals surface area contributed by atoms with Crippen LogP contribution in [0.15, 0.2) is 24.3 Å². The van der Waals surface area contributed by atoms with Gasteiger partial charge < -0.3 is 9.31 Å². The first-order valence-electron chi connectivity index (χ1n) is 5.36. The minimum absolute atomic E-state index is 0.0381. The Morgan fingerprint density at radius 2 is 1.59 bits per heavy atom. The molecule has 0 amide bonds. The molecule has 1 saturated heterocycles. The highest BCUT2D eigenvalue weighted by Crippen LogP contribution is 2.29. The van der Waals surface area contributed by atoms with E-state index in [0.29, 0.717) is 0 Å². The first-order chi connectivity index (χ1) is 7.89. The second-order valence-electron chi connectivity index (χ2n) is 4.10. The number of alkyl halides is 3. The lowest BCUT2D eigenvalue weighted by atomic mass is 9.76. The van der Waals surface area contributed by atoms with Gasteiger partial charge in [-0.3, -0.25) is 0 Å². The summed E-state index contributed by atoms with van der Waals surface area (Å²) in [7, 11) is -0.933. The molecule has 0 unspecified atom stereocenters. The van der Waals surface area contributed by atoms with Gasteiger partial charge in [-0.2, -0.15) is 13.2 Å². The van der Waals surface area contributed by atoms with Crippen LogP contribution in [-0.2, 0) is 15.5 Å². The fraction of sp³-hybridized carbons (Fsp3) is 0.455. The fourth-order valence-electron chi connectivity index (χ4n) is 1.75. The normalized spacial score (nSPS) is 25.4. The van der Waals surface area contributed by atoms with Gasteiger partial charge in [-0.05, 0) is 19.3 Å². The van der Waals surface area contributed by atoms with E-state index in [4.69, 9.17) is 9.31 Å². The van der Waals surface area contributed by atoms with Crippen LogP contribution in [0.25, 0.3) is 0 Å². The molecule has 0 aliphatic carbocycles. The second-order valence-corrected chi connectivity index (χ2v) is 4.10. The first kappa shape index (κ1) is 12.5. The summed E-state index contributed by atoms with van der Waals surface area (Å²) in [6, 6.07) is 5.33. The van der Waals surface area contributed by atoms with Crippen LogP contribution in [0.3, 0.4) is 0 Å². The minimum atomic E-state index is -4.39. The Hall–Kier alpha value is -1.01. The smallest absolute Gasteiger partial charge is 0.402 e. The molecule has 0 spiro atoms. The van der Waals surface area contributed by atoms with Crippen LogP contribution in [0.1, 0.15) is 19.4 Å². The van der Waals surface area contributed by atoms with Crippen molar-refractivity contribution in [3.8, 4) is 0 Å². The standard InChI is InChI=1S/C11H12BF3O2/c1-7-8(2)17-12(16-7)10-6-4-3-5-9(10)11(13,14)15/h3-8H,1-2H3/t7-,8-/m0/s1. The SMILES string of the molecule is C[C@@H]1OB(c2ccccc2C(F)(F)F)O[C@H]1C.